The van der Waals surface area contributed by atoms with Crippen LogP contribution in [0.3, 0.4) is 0 Å². The lowest BCUT2D eigenvalue weighted by Gasteiger charge is -2.47. The fourth-order valence-corrected chi connectivity index (χ4v) is 4.16. The first-order valence-corrected chi connectivity index (χ1v) is 9.27. The van der Waals surface area contributed by atoms with Crippen molar-refractivity contribution in [1.29, 1.82) is 0 Å². The van der Waals surface area contributed by atoms with Crippen LogP contribution < -0.4 is 0 Å². The number of methoxy groups -OCH3 is 1. The molecule has 0 saturated carbocycles. The third-order valence-corrected chi connectivity index (χ3v) is 5.86. The minimum absolute atomic E-state index is 0.0721. The van der Waals surface area contributed by atoms with Crippen LogP contribution in [-0.4, -0.2) is 61.5 Å². The number of aryl methyl sites for hydroxylation is 1. The summed E-state index contributed by atoms with van der Waals surface area (Å²) in [6.45, 7) is 4.88. The Hall–Kier alpha value is -1.95. The fourth-order valence-electron chi connectivity index (χ4n) is 4.16. The van der Waals surface area contributed by atoms with E-state index in [0.717, 1.165) is 25.8 Å². The summed E-state index contributed by atoms with van der Waals surface area (Å²) in [6.07, 6.45) is 3.13. The van der Waals surface area contributed by atoms with Crippen LogP contribution in [0, 0.1) is 18.2 Å². The lowest BCUT2D eigenvalue weighted by atomic mass is 9.72. The van der Waals surface area contributed by atoms with Crippen molar-refractivity contribution >= 4 is 11.8 Å². The number of carbonyl (C=O) groups excluding carboxylic acids is 2. The Balaban J connectivity index is 1.65. The molecule has 2 aliphatic heterocycles. The maximum absolute atomic E-state index is 14.1. The molecule has 5 nitrogen and oxygen atoms in total. The number of piperidine rings is 2. The SMILES string of the molecule is COCCN1CC2(CCC1=O)CCN(C(=O)c1c(C)cccc1F)CC2. The van der Waals surface area contributed by atoms with Gasteiger partial charge in [0.1, 0.15) is 5.82 Å². The molecule has 2 heterocycles. The molecule has 2 aliphatic rings. The van der Waals surface area contributed by atoms with Gasteiger partial charge in [0, 0.05) is 39.7 Å². The van der Waals surface area contributed by atoms with Crippen LogP contribution in [0.4, 0.5) is 4.39 Å². The van der Waals surface area contributed by atoms with Gasteiger partial charge in [0.15, 0.2) is 0 Å². The normalized spacial score (nSPS) is 19.9. The summed E-state index contributed by atoms with van der Waals surface area (Å²) in [7, 11) is 1.64. The van der Waals surface area contributed by atoms with Gasteiger partial charge in [0.25, 0.3) is 5.91 Å². The molecule has 0 atom stereocenters. The molecular weight excluding hydrogens is 335 g/mol. The highest BCUT2D eigenvalue weighted by molar-refractivity contribution is 5.96. The Labute approximate surface area is 154 Å². The zero-order chi connectivity index (χ0) is 18.7. The fraction of sp³-hybridized carbons (Fsp3) is 0.600. The van der Waals surface area contributed by atoms with E-state index >= 15 is 0 Å². The van der Waals surface area contributed by atoms with Crippen molar-refractivity contribution < 1.29 is 18.7 Å². The van der Waals surface area contributed by atoms with Crippen LogP contribution in [0.25, 0.3) is 0 Å². The number of likely N-dealkylation sites (tertiary alicyclic amines) is 2. The molecule has 1 aromatic rings. The number of ether oxygens (including phenoxy) is 1. The van der Waals surface area contributed by atoms with E-state index in [1.165, 1.54) is 6.07 Å². The van der Waals surface area contributed by atoms with Crippen LogP contribution in [0.15, 0.2) is 18.2 Å². The molecule has 3 rings (SSSR count). The Kier molecular flexibility index (Phi) is 5.61. The molecule has 6 heteroatoms. The standard InChI is InChI=1S/C20H27FN2O3/c1-15-4-3-5-16(21)18(15)19(25)22-10-8-20(9-11-22)7-6-17(24)23(14-20)12-13-26-2/h3-5H,6-14H2,1-2H3. The number of nitrogens with zero attached hydrogens (tertiary/aromatic N) is 2. The van der Waals surface area contributed by atoms with Crippen molar-refractivity contribution in [1.82, 2.24) is 9.80 Å². The smallest absolute Gasteiger partial charge is 0.257 e. The predicted octanol–water partition coefficient (Wildman–Crippen LogP) is 2.63. The number of rotatable bonds is 4. The van der Waals surface area contributed by atoms with Gasteiger partial charge in [0.2, 0.25) is 5.91 Å². The summed E-state index contributed by atoms with van der Waals surface area (Å²) in [4.78, 5) is 28.5. The molecule has 0 bridgehead atoms. The average molecular weight is 362 g/mol. The first-order valence-electron chi connectivity index (χ1n) is 9.27. The Morgan fingerprint density at radius 2 is 2.00 bits per heavy atom. The molecule has 26 heavy (non-hydrogen) atoms. The minimum Gasteiger partial charge on any atom is -0.383 e. The quantitative estimate of drug-likeness (QED) is 0.827. The van der Waals surface area contributed by atoms with Crippen LogP contribution >= 0.6 is 0 Å². The lowest BCUT2D eigenvalue weighted by Crippen LogP contribution is -2.53. The van der Waals surface area contributed by atoms with E-state index in [-0.39, 0.29) is 22.8 Å². The number of benzene rings is 1. The zero-order valence-electron chi connectivity index (χ0n) is 15.6. The van der Waals surface area contributed by atoms with Crippen LogP contribution in [0.5, 0.6) is 0 Å². The van der Waals surface area contributed by atoms with E-state index in [1.807, 2.05) is 4.90 Å². The van der Waals surface area contributed by atoms with Gasteiger partial charge >= 0.3 is 0 Å². The lowest BCUT2D eigenvalue weighted by molar-refractivity contribution is -0.139. The second kappa shape index (κ2) is 7.74. The Bertz CT molecular complexity index is 663. The van der Waals surface area contributed by atoms with E-state index in [2.05, 4.69) is 0 Å². The molecule has 0 radical (unpaired) electrons. The first-order chi connectivity index (χ1) is 12.5. The third kappa shape index (κ3) is 3.75. The van der Waals surface area contributed by atoms with Crippen molar-refractivity contribution in [3.05, 3.63) is 35.1 Å². The average Bonchev–Trinajstić information content (AvgIpc) is 2.63. The summed E-state index contributed by atoms with van der Waals surface area (Å²) in [5.41, 5.74) is 0.927. The van der Waals surface area contributed by atoms with Crippen LogP contribution in [-0.2, 0) is 9.53 Å². The van der Waals surface area contributed by atoms with Gasteiger partial charge in [-0.15, -0.1) is 0 Å². The van der Waals surface area contributed by atoms with Gasteiger partial charge in [-0.2, -0.15) is 0 Å². The topological polar surface area (TPSA) is 49.9 Å². The maximum atomic E-state index is 14.1. The molecule has 0 N–H and O–H groups in total. The summed E-state index contributed by atoms with van der Waals surface area (Å²) in [5, 5.41) is 0. The van der Waals surface area contributed by atoms with E-state index < -0.39 is 5.82 Å². The van der Waals surface area contributed by atoms with Crippen molar-refractivity contribution in [2.45, 2.75) is 32.6 Å². The molecule has 1 spiro atoms. The van der Waals surface area contributed by atoms with Crippen molar-refractivity contribution in [2.24, 2.45) is 5.41 Å². The molecule has 0 unspecified atom stereocenters. The molecule has 0 aliphatic carbocycles. The van der Waals surface area contributed by atoms with Crippen LogP contribution in [0.2, 0.25) is 0 Å². The summed E-state index contributed by atoms with van der Waals surface area (Å²) in [5.74, 6) is -0.490. The zero-order valence-corrected chi connectivity index (χ0v) is 15.6. The van der Waals surface area contributed by atoms with E-state index in [4.69, 9.17) is 4.74 Å². The summed E-state index contributed by atoms with van der Waals surface area (Å²) < 4.78 is 19.2. The number of hydrogen-bond donors (Lipinski definition) is 0. The van der Waals surface area contributed by atoms with E-state index in [0.29, 0.717) is 38.2 Å². The van der Waals surface area contributed by atoms with Crippen molar-refractivity contribution in [2.75, 3.05) is 39.9 Å². The van der Waals surface area contributed by atoms with Gasteiger partial charge < -0.3 is 14.5 Å². The minimum atomic E-state index is -0.454. The molecular formula is C20H27FN2O3. The molecule has 1 aromatic carbocycles. The second-order valence-corrected chi connectivity index (χ2v) is 7.53. The van der Waals surface area contributed by atoms with Gasteiger partial charge in [-0.1, -0.05) is 12.1 Å². The highest BCUT2D eigenvalue weighted by Gasteiger charge is 2.41. The Morgan fingerprint density at radius 3 is 2.65 bits per heavy atom. The monoisotopic (exact) mass is 362 g/mol. The predicted molar refractivity (Wildman–Crippen MR) is 96.4 cm³/mol. The van der Waals surface area contributed by atoms with Crippen LogP contribution in [0.1, 0.15) is 41.6 Å². The van der Waals surface area contributed by atoms with Crippen molar-refractivity contribution in [3.8, 4) is 0 Å². The van der Waals surface area contributed by atoms with Gasteiger partial charge in [0.05, 0.1) is 12.2 Å². The second-order valence-electron chi connectivity index (χ2n) is 7.53. The highest BCUT2D eigenvalue weighted by atomic mass is 19.1. The number of halogens is 1. The molecule has 2 fully saturated rings. The Morgan fingerprint density at radius 1 is 1.27 bits per heavy atom. The number of amides is 2. The van der Waals surface area contributed by atoms with Crippen molar-refractivity contribution in [3.63, 3.8) is 0 Å². The molecule has 0 aromatic heterocycles. The molecule has 2 saturated heterocycles. The summed E-state index contributed by atoms with van der Waals surface area (Å²) >= 11 is 0. The largest absolute Gasteiger partial charge is 0.383 e. The molecule has 142 valence electrons. The van der Waals surface area contributed by atoms with Gasteiger partial charge in [-0.3, -0.25) is 9.59 Å². The number of carbonyl (C=O) groups is 2. The summed E-state index contributed by atoms with van der Waals surface area (Å²) in [6, 6.07) is 4.73. The van der Waals surface area contributed by atoms with Gasteiger partial charge in [-0.05, 0) is 43.2 Å². The third-order valence-electron chi connectivity index (χ3n) is 5.86. The first kappa shape index (κ1) is 18.8. The molecule has 2 amide bonds. The van der Waals surface area contributed by atoms with Gasteiger partial charge in [-0.25, -0.2) is 4.39 Å². The number of hydrogen-bond acceptors (Lipinski definition) is 3. The van der Waals surface area contributed by atoms with E-state index in [9.17, 15) is 14.0 Å². The highest BCUT2D eigenvalue weighted by Crippen LogP contribution is 2.40. The maximum Gasteiger partial charge on any atom is 0.257 e. The van der Waals surface area contributed by atoms with E-state index in [1.54, 1.807) is 31.1 Å².